The molecule has 0 aromatic heterocycles. The number of halogens is 6. The molecule has 0 aliphatic rings. The second-order valence-electron chi connectivity index (χ2n) is 7.29. The standard InChI is InChI=1S/C21H20Cl3F3NO/c1-13(29)28(2,3)12-15-6-4-14(8-20(15)24)5-7-19(21(25,26)27)16-9-17(22)11-18(23)10-16/h4-11,19H,12H2,1-3H3/q+1/b7-5+. The molecule has 29 heavy (non-hydrogen) atoms. The zero-order valence-electron chi connectivity index (χ0n) is 16.0. The van der Waals surface area contributed by atoms with E-state index in [9.17, 15) is 18.0 Å². The molecule has 0 radical (unpaired) electrons. The Balaban J connectivity index is 2.32. The molecule has 0 fully saturated rings. The number of carbonyl (C=O) groups is 1. The first kappa shape index (κ1) is 23.7. The number of benzene rings is 2. The van der Waals surface area contributed by atoms with Crippen LogP contribution in [0.25, 0.3) is 6.08 Å². The lowest BCUT2D eigenvalue weighted by atomic mass is 9.97. The fourth-order valence-corrected chi connectivity index (χ4v) is 3.50. The Bertz CT molecular complexity index is 919. The Labute approximate surface area is 183 Å². The Morgan fingerprint density at radius 2 is 1.66 bits per heavy atom. The molecular weight excluding hydrogens is 446 g/mol. The monoisotopic (exact) mass is 464 g/mol. The molecule has 1 amide bonds. The molecule has 1 atom stereocenters. The summed E-state index contributed by atoms with van der Waals surface area (Å²) >= 11 is 18.0. The molecule has 0 aliphatic heterocycles. The van der Waals surface area contributed by atoms with Crippen molar-refractivity contribution in [3.8, 4) is 0 Å². The first-order valence-electron chi connectivity index (χ1n) is 8.63. The molecule has 2 aromatic carbocycles. The van der Waals surface area contributed by atoms with Gasteiger partial charge in [0, 0.05) is 20.6 Å². The van der Waals surface area contributed by atoms with Crippen molar-refractivity contribution in [2.75, 3.05) is 14.1 Å². The number of rotatable bonds is 5. The fraction of sp³-hybridized carbons (Fsp3) is 0.286. The fourth-order valence-electron chi connectivity index (χ4n) is 2.70. The van der Waals surface area contributed by atoms with E-state index >= 15 is 0 Å². The molecular formula is C21H20Cl3F3NO+. The van der Waals surface area contributed by atoms with Crippen molar-refractivity contribution in [2.24, 2.45) is 0 Å². The van der Waals surface area contributed by atoms with E-state index in [-0.39, 0.29) is 26.0 Å². The molecule has 0 N–H and O–H groups in total. The molecule has 0 spiro atoms. The molecule has 2 aromatic rings. The van der Waals surface area contributed by atoms with Gasteiger partial charge in [-0.1, -0.05) is 59.1 Å². The molecule has 2 nitrogen and oxygen atoms in total. The van der Waals surface area contributed by atoms with Crippen molar-refractivity contribution in [3.05, 3.63) is 74.2 Å². The summed E-state index contributed by atoms with van der Waals surface area (Å²) in [6.07, 6.45) is -2.12. The van der Waals surface area contributed by atoms with Crippen LogP contribution in [-0.2, 0) is 11.3 Å². The van der Waals surface area contributed by atoms with E-state index in [0.29, 0.717) is 17.1 Å². The number of hydrogen-bond donors (Lipinski definition) is 0. The predicted octanol–water partition coefficient (Wildman–Crippen LogP) is 7.13. The first-order valence-corrected chi connectivity index (χ1v) is 9.76. The number of amides is 1. The Morgan fingerprint density at radius 1 is 1.07 bits per heavy atom. The van der Waals surface area contributed by atoms with Gasteiger partial charge >= 0.3 is 12.1 Å². The molecule has 156 valence electrons. The van der Waals surface area contributed by atoms with Gasteiger partial charge in [0.15, 0.2) is 0 Å². The Hall–Kier alpha value is -1.53. The number of carbonyl (C=O) groups excluding carboxylic acids is 1. The van der Waals surface area contributed by atoms with Crippen molar-refractivity contribution in [1.82, 2.24) is 0 Å². The topological polar surface area (TPSA) is 17.1 Å². The molecule has 1 unspecified atom stereocenters. The highest BCUT2D eigenvalue weighted by Gasteiger charge is 2.39. The highest BCUT2D eigenvalue weighted by atomic mass is 35.5. The van der Waals surface area contributed by atoms with Crippen molar-refractivity contribution in [1.29, 1.82) is 0 Å². The van der Waals surface area contributed by atoms with Gasteiger partial charge in [-0.2, -0.15) is 13.2 Å². The third-order valence-electron chi connectivity index (χ3n) is 4.57. The largest absolute Gasteiger partial charge is 0.399 e. The van der Waals surface area contributed by atoms with Crippen molar-refractivity contribution >= 4 is 46.8 Å². The summed E-state index contributed by atoms with van der Waals surface area (Å²) in [6.45, 7) is 1.87. The van der Waals surface area contributed by atoms with Crippen molar-refractivity contribution < 1.29 is 22.4 Å². The van der Waals surface area contributed by atoms with E-state index in [1.807, 2.05) is 0 Å². The van der Waals surface area contributed by atoms with E-state index in [1.54, 1.807) is 32.3 Å². The van der Waals surface area contributed by atoms with Gasteiger partial charge in [0.05, 0.1) is 26.9 Å². The lowest BCUT2D eigenvalue weighted by Gasteiger charge is -2.25. The van der Waals surface area contributed by atoms with E-state index in [0.717, 1.165) is 11.6 Å². The second kappa shape index (κ2) is 9.09. The SMILES string of the molecule is CC(=O)[N+](C)(C)Cc1ccc(/C=C/C(c2cc(Cl)cc(Cl)c2)C(F)(F)F)cc1Cl. The molecule has 0 heterocycles. The van der Waals surface area contributed by atoms with E-state index < -0.39 is 12.1 Å². The normalized spacial score (nSPS) is 13.7. The van der Waals surface area contributed by atoms with Crippen LogP contribution in [0.3, 0.4) is 0 Å². The Morgan fingerprint density at radius 3 is 2.14 bits per heavy atom. The van der Waals surface area contributed by atoms with E-state index in [1.165, 1.54) is 31.2 Å². The minimum absolute atomic E-state index is 0.0294. The van der Waals surface area contributed by atoms with E-state index in [2.05, 4.69) is 0 Å². The lowest BCUT2D eigenvalue weighted by Crippen LogP contribution is -2.43. The summed E-state index contributed by atoms with van der Waals surface area (Å²) in [5, 5.41) is 0.650. The van der Waals surface area contributed by atoms with E-state index in [4.69, 9.17) is 34.8 Å². The van der Waals surface area contributed by atoms with Gasteiger partial charge in [-0.05, 0) is 35.4 Å². The second-order valence-corrected chi connectivity index (χ2v) is 8.57. The molecule has 0 aliphatic carbocycles. The summed E-state index contributed by atoms with van der Waals surface area (Å²) < 4.78 is 40.8. The summed E-state index contributed by atoms with van der Waals surface area (Å²) in [4.78, 5) is 11.7. The van der Waals surface area contributed by atoms with Gasteiger partial charge in [-0.25, -0.2) is 4.79 Å². The zero-order chi connectivity index (χ0) is 22.0. The van der Waals surface area contributed by atoms with Crippen LogP contribution in [0.4, 0.5) is 13.2 Å². The average molecular weight is 466 g/mol. The van der Waals surface area contributed by atoms with Crippen molar-refractivity contribution in [2.45, 2.75) is 25.6 Å². The van der Waals surface area contributed by atoms with Crippen LogP contribution in [0.5, 0.6) is 0 Å². The maximum atomic E-state index is 13.6. The number of quaternary nitrogens is 1. The third kappa shape index (κ3) is 6.48. The highest BCUT2D eigenvalue weighted by Crippen LogP contribution is 2.38. The average Bonchev–Trinajstić information content (AvgIpc) is 2.55. The first-order chi connectivity index (χ1) is 13.3. The van der Waals surface area contributed by atoms with Crippen molar-refractivity contribution in [3.63, 3.8) is 0 Å². The van der Waals surface area contributed by atoms with Crippen LogP contribution in [0, 0.1) is 0 Å². The molecule has 8 heteroatoms. The van der Waals surface area contributed by atoms with Crippen LogP contribution in [0.15, 0.2) is 42.5 Å². The van der Waals surface area contributed by atoms with Crippen LogP contribution in [-0.4, -0.2) is 30.7 Å². The maximum Gasteiger partial charge on any atom is 0.399 e. The quantitative estimate of drug-likeness (QED) is 0.429. The minimum Gasteiger partial charge on any atom is -0.262 e. The van der Waals surface area contributed by atoms with Gasteiger partial charge < -0.3 is 0 Å². The molecule has 0 bridgehead atoms. The van der Waals surface area contributed by atoms with Gasteiger partial charge in [0.1, 0.15) is 6.54 Å². The van der Waals surface area contributed by atoms with Gasteiger partial charge in [0.25, 0.3) is 0 Å². The number of hydrogen-bond acceptors (Lipinski definition) is 1. The summed E-state index contributed by atoms with van der Waals surface area (Å²) in [5.41, 5.74) is 1.20. The summed E-state index contributed by atoms with van der Waals surface area (Å²) in [7, 11) is 3.52. The highest BCUT2D eigenvalue weighted by molar-refractivity contribution is 6.34. The Kier molecular flexibility index (Phi) is 7.44. The van der Waals surface area contributed by atoms with Gasteiger partial charge in [-0.15, -0.1) is 0 Å². The van der Waals surface area contributed by atoms with Crippen LogP contribution < -0.4 is 0 Å². The summed E-state index contributed by atoms with van der Waals surface area (Å²) in [6, 6.07) is 8.82. The minimum atomic E-state index is -4.52. The van der Waals surface area contributed by atoms with Gasteiger partial charge in [-0.3, -0.25) is 4.48 Å². The molecule has 0 saturated carbocycles. The van der Waals surface area contributed by atoms with Gasteiger partial charge in [0.2, 0.25) is 0 Å². The number of allylic oxidation sites excluding steroid dienone is 1. The predicted molar refractivity (Wildman–Crippen MR) is 112 cm³/mol. The number of alkyl halides is 3. The maximum absolute atomic E-state index is 13.6. The lowest BCUT2D eigenvalue weighted by molar-refractivity contribution is -0.827. The van der Waals surface area contributed by atoms with Crippen LogP contribution >= 0.6 is 34.8 Å². The molecule has 2 rings (SSSR count). The third-order valence-corrected chi connectivity index (χ3v) is 5.36. The smallest absolute Gasteiger partial charge is 0.262 e. The summed E-state index contributed by atoms with van der Waals surface area (Å²) in [5.74, 6) is -1.90. The number of nitrogens with zero attached hydrogens (tertiary/aromatic N) is 1. The van der Waals surface area contributed by atoms with Crippen LogP contribution in [0.1, 0.15) is 29.5 Å². The molecule has 0 saturated heterocycles. The zero-order valence-corrected chi connectivity index (χ0v) is 18.3. The van der Waals surface area contributed by atoms with Crippen LogP contribution in [0.2, 0.25) is 15.1 Å².